The summed E-state index contributed by atoms with van der Waals surface area (Å²) in [6, 6.07) is 17.1. The number of hydrogen-bond acceptors (Lipinski definition) is 8. The second kappa shape index (κ2) is 14.8. The molecule has 0 spiro atoms. The van der Waals surface area contributed by atoms with Crippen molar-refractivity contribution in [2.24, 2.45) is 0 Å². The lowest BCUT2D eigenvalue weighted by atomic mass is 10.1. The lowest BCUT2D eigenvalue weighted by Crippen LogP contribution is -2.30. The molecule has 1 heterocycles. The Balaban J connectivity index is 1.53. The number of methoxy groups -OCH3 is 1. The molecule has 11 nitrogen and oxygen atoms in total. The highest BCUT2D eigenvalue weighted by Crippen LogP contribution is 2.35. The van der Waals surface area contributed by atoms with Crippen molar-refractivity contribution < 1.29 is 35.9 Å². The molecule has 4 rings (SSSR count). The molecule has 2 amide bonds. The van der Waals surface area contributed by atoms with Crippen molar-refractivity contribution in [3.05, 3.63) is 89.7 Å². The van der Waals surface area contributed by atoms with E-state index in [1.165, 1.54) is 53.9 Å². The van der Waals surface area contributed by atoms with E-state index < -0.39 is 33.6 Å². The lowest BCUT2D eigenvalue weighted by molar-refractivity contribution is -0.137. The summed E-state index contributed by atoms with van der Waals surface area (Å²) in [5.74, 6) is -0.792. The molecular formula is C30H31F3N6O5S2. The molecule has 0 aliphatic carbocycles. The van der Waals surface area contributed by atoms with Gasteiger partial charge in [0.25, 0.3) is 5.91 Å². The number of rotatable bonds is 13. The first-order valence-electron chi connectivity index (χ1n) is 14.0. The Bertz CT molecular complexity index is 1790. The zero-order valence-electron chi connectivity index (χ0n) is 25.0. The van der Waals surface area contributed by atoms with E-state index in [2.05, 4.69) is 20.8 Å². The number of anilines is 1. The van der Waals surface area contributed by atoms with E-state index in [9.17, 15) is 31.2 Å². The van der Waals surface area contributed by atoms with Crippen molar-refractivity contribution in [2.75, 3.05) is 31.3 Å². The van der Waals surface area contributed by atoms with Crippen LogP contribution in [0.25, 0.3) is 5.69 Å². The first-order chi connectivity index (χ1) is 21.9. The zero-order valence-corrected chi connectivity index (χ0v) is 26.7. The van der Waals surface area contributed by atoms with Crippen molar-refractivity contribution in [1.29, 1.82) is 0 Å². The normalized spacial score (nSPS) is 11.8. The number of carbonyl (C=O) groups excluding carboxylic acids is 2. The Hall–Kier alpha value is -4.41. The number of halogens is 3. The van der Waals surface area contributed by atoms with Crippen LogP contribution in [0.3, 0.4) is 0 Å². The van der Waals surface area contributed by atoms with Crippen LogP contribution in [0.15, 0.2) is 82.8 Å². The van der Waals surface area contributed by atoms with Crippen LogP contribution in [0.2, 0.25) is 0 Å². The van der Waals surface area contributed by atoms with Crippen molar-refractivity contribution in [2.45, 2.75) is 36.6 Å². The van der Waals surface area contributed by atoms with Crippen LogP contribution >= 0.6 is 11.8 Å². The van der Waals surface area contributed by atoms with E-state index >= 15 is 0 Å². The summed E-state index contributed by atoms with van der Waals surface area (Å²) in [7, 11) is -2.22. The van der Waals surface area contributed by atoms with Gasteiger partial charge in [-0.25, -0.2) is 8.42 Å². The molecule has 2 N–H and O–H groups in total. The molecule has 0 aliphatic heterocycles. The van der Waals surface area contributed by atoms with Crippen LogP contribution < -0.4 is 15.4 Å². The van der Waals surface area contributed by atoms with Crippen LogP contribution in [0.1, 0.15) is 35.6 Å². The molecule has 0 aliphatic rings. The van der Waals surface area contributed by atoms with Gasteiger partial charge in [-0.2, -0.15) is 17.5 Å². The summed E-state index contributed by atoms with van der Waals surface area (Å²) in [6.07, 6.45) is -4.65. The first kappa shape index (κ1) is 34.5. The number of aromatic nitrogens is 3. The molecule has 0 radical (unpaired) electrons. The number of alkyl halides is 3. The van der Waals surface area contributed by atoms with E-state index in [-0.39, 0.29) is 39.4 Å². The summed E-state index contributed by atoms with van der Waals surface area (Å²) in [4.78, 5) is 25.8. The third-order valence-corrected chi connectivity index (χ3v) is 9.73. The molecule has 1 aromatic heterocycles. The van der Waals surface area contributed by atoms with Gasteiger partial charge in [-0.15, -0.1) is 10.2 Å². The van der Waals surface area contributed by atoms with Crippen LogP contribution in [0.5, 0.6) is 5.75 Å². The topological polar surface area (TPSA) is 136 Å². The van der Waals surface area contributed by atoms with E-state index in [0.717, 1.165) is 17.8 Å². The standard InChI is InChI=1S/C30H31F3N6O5S2/c1-4-38(5-2)46(42,43)21-16-14-20(15-17-21)28(41)34-18-26-36-37-29(39(26)24-12-8-9-13-25(24)44-3)45-19-27(40)35-23-11-7-6-10-22(23)30(31,32)33/h6-17H,4-5,18-19H2,1-3H3,(H,34,41)(H,35,40). The number of amides is 2. The number of benzene rings is 3. The molecule has 0 unspecified atom stereocenters. The average Bonchev–Trinajstić information content (AvgIpc) is 3.45. The Morgan fingerprint density at radius 2 is 1.61 bits per heavy atom. The highest BCUT2D eigenvalue weighted by atomic mass is 32.2. The molecule has 0 saturated carbocycles. The maximum absolute atomic E-state index is 13.4. The molecule has 3 aromatic carbocycles. The number of ether oxygens (including phenoxy) is 1. The van der Waals surface area contributed by atoms with Gasteiger partial charge >= 0.3 is 6.18 Å². The number of nitrogens with zero attached hydrogens (tertiary/aromatic N) is 4. The minimum Gasteiger partial charge on any atom is -0.495 e. The number of hydrogen-bond donors (Lipinski definition) is 2. The maximum Gasteiger partial charge on any atom is 0.418 e. The van der Waals surface area contributed by atoms with Crippen LogP contribution in [0, 0.1) is 0 Å². The first-order valence-corrected chi connectivity index (χ1v) is 16.4. The number of carbonyl (C=O) groups is 2. The molecular weight excluding hydrogens is 645 g/mol. The fourth-order valence-electron chi connectivity index (χ4n) is 4.47. The van der Waals surface area contributed by atoms with Crippen molar-refractivity contribution >= 4 is 39.3 Å². The molecule has 16 heteroatoms. The van der Waals surface area contributed by atoms with Crippen molar-refractivity contribution in [3.63, 3.8) is 0 Å². The number of para-hydroxylation sites is 3. The van der Waals surface area contributed by atoms with E-state index in [1.54, 1.807) is 42.7 Å². The number of sulfonamides is 1. The fourth-order valence-corrected chi connectivity index (χ4v) is 6.69. The molecule has 0 saturated heterocycles. The van der Waals surface area contributed by atoms with Gasteiger partial charge in [0.1, 0.15) is 5.75 Å². The molecule has 0 fully saturated rings. The third kappa shape index (κ3) is 7.86. The lowest BCUT2D eigenvalue weighted by Gasteiger charge is -2.18. The second-order valence-corrected chi connectivity index (χ2v) is 12.5. The highest BCUT2D eigenvalue weighted by molar-refractivity contribution is 7.99. The molecule has 244 valence electrons. The highest BCUT2D eigenvalue weighted by Gasteiger charge is 2.33. The molecule has 0 bridgehead atoms. The predicted molar refractivity (Wildman–Crippen MR) is 166 cm³/mol. The molecule has 46 heavy (non-hydrogen) atoms. The van der Waals surface area contributed by atoms with Gasteiger partial charge in [-0.1, -0.05) is 49.9 Å². The van der Waals surface area contributed by atoms with Crippen molar-refractivity contribution in [1.82, 2.24) is 24.4 Å². The fraction of sp³-hybridized carbons (Fsp3) is 0.267. The molecule has 4 aromatic rings. The minimum absolute atomic E-state index is 0.0660. The van der Waals surface area contributed by atoms with Crippen LogP contribution in [-0.2, 0) is 27.5 Å². The summed E-state index contributed by atoms with van der Waals surface area (Å²) < 4.78 is 74.1. The SMILES string of the molecule is CCN(CC)S(=O)(=O)c1ccc(C(=O)NCc2nnc(SCC(=O)Nc3ccccc3C(F)(F)F)n2-c2ccccc2OC)cc1. The van der Waals surface area contributed by atoms with Gasteiger partial charge in [0, 0.05) is 18.7 Å². The maximum atomic E-state index is 13.4. The summed E-state index contributed by atoms with van der Waals surface area (Å²) in [5.41, 5.74) is -0.625. The van der Waals surface area contributed by atoms with Gasteiger partial charge in [-0.05, 0) is 48.5 Å². The summed E-state index contributed by atoms with van der Waals surface area (Å²) in [5, 5.41) is 13.6. The van der Waals surface area contributed by atoms with Crippen molar-refractivity contribution in [3.8, 4) is 11.4 Å². The van der Waals surface area contributed by atoms with E-state index in [0.29, 0.717) is 24.5 Å². The summed E-state index contributed by atoms with van der Waals surface area (Å²) >= 11 is 0.930. The van der Waals surface area contributed by atoms with Gasteiger partial charge in [-0.3, -0.25) is 14.2 Å². The quantitative estimate of drug-likeness (QED) is 0.189. The Morgan fingerprint density at radius 1 is 0.957 bits per heavy atom. The zero-order chi connectivity index (χ0) is 33.5. The van der Waals surface area contributed by atoms with E-state index in [1.807, 2.05) is 0 Å². The average molecular weight is 677 g/mol. The smallest absolute Gasteiger partial charge is 0.418 e. The van der Waals surface area contributed by atoms with Gasteiger partial charge in [0.2, 0.25) is 15.9 Å². The summed E-state index contributed by atoms with van der Waals surface area (Å²) in [6.45, 7) is 3.98. The van der Waals surface area contributed by atoms with Crippen LogP contribution in [0.4, 0.5) is 18.9 Å². The minimum atomic E-state index is -4.65. The molecule has 0 atom stereocenters. The van der Waals surface area contributed by atoms with Gasteiger partial charge in [0.05, 0.1) is 41.2 Å². The second-order valence-electron chi connectivity index (χ2n) is 9.58. The Kier molecular flexibility index (Phi) is 11.1. The number of thioether (sulfide) groups is 1. The number of nitrogens with one attached hydrogen (secondary N) is 2. The predicted octanol–water partition coefficient (Wildman–Crippen LogP) is 4.99. The van der Waals surface area contributed by atoms with E-state index in [4.69, 9.17) is 4.74 Å². The Labute approximate surface area is 268 Å². The third-order valence-electron chi connectivity index (χ3n) is 6.73. The largest absolute Gasteiger partial charge is 0.495 e. The monoisotopic (exact) mass is 676 g/mol. The van der Waals surface area contributed by atoms with Gasteiger partial charge < -0.3 is 15.4 Å². The Morgan fingerprint density at radius 3 is 2.26 bits per heavy atom. The van der Waals surface area contributed by atoms with Crippen LogP contribution in [-0.4, -0.2) is 65.3 Å². The van der Waals surface area contributed by atoms with Gasteiger partial charge in [0.15, 0.2) is 11.0 Å².